The van der Waals surface area contributed by atoms with Crippen LogP contribution in [-0.2, 0) is 13.0 Å². The lowest BCUT2D eigenvalue weighted by atomic mass is 10.0. The van der Waals surface area contributed by atoms with Gasteiger partial charge in [0, 0.05) is 12.6 Å². The molecule has 124 valence electrons. The van der Waals surface area contributed by atoms with Gasteiger partial charge >= 0.3 is 6.61 Å². The van der Waals surface area contributed by atoms with Gasteiger partial charge in [-0.15, -0.1) is 0 Å². The zero-order valence-corrected chi connectivity index (χ0v) is 13.0. The van der Waals surface area contributed by atoms with E-state index in [0.717, 1.165) is 11.1 Å². The van der Waals surface area contributed by atoms with Crippen LogP contribution in [0.2, 0.25) is 0 Å². The largest absolute Gasteiger partial charge is 0.435 e. The lowest BCUT2D eigenvalue weighted by Crippen LogP contribution is -2.38. The number of hydrogen-bond donors (Lipinski definition) is 2. The molecule has 0 radical (unpaired) electrons. The second-order valence-corrected chi connectivity index (χ2v) is 5.45. The van der Waals surface area contributed by atoms with Crippen LogP contribution in [0, 0.1) is 0 Å². The van der Waals surface area contributed by atoms with E-state index in [0.29, 0.717) is 13.0 Å². The van der Waals surface area contributed by atoms with Crippen molar-refractivity contribution in [1.29, 1.82) is 0 Å². The highest BCUT2D eigenvalue weighted by Crippen LogP contribution is 2.15. The van der Waals surface area contributed by atoms with Gasteiger partial charge in [0.1, 0.15) is 5.75 Å². The van der Waals surface area contributed by atoms with E-state index in [1.165, 1.54) is 12.1 Å². The molecule has 0 amide bonds. The fourth-order valence-electron chi connectivity index (χ4n) is 2.24. The molecule has 3 nitrogen and oxygen atoms in total. The molecule has 0 saturated heterocycles. The van der Waals surface area contributed by atoms with Crippen LogP contribution in [0.5, 0.6) is 5.75 Å². The van der Waals surface area contributed by atoms with Crippen molar-refractivity contribution in [3.05, 3.63) is 65.7 Å². The van der Waals surface area contributed by atoms with Crippen LogP contribution >= 0.6 is 0 Å². The van der Waals surface area contributed by atoms with Crippen molar-refractivity contribution in [3.8, 4) is 5.75 Å². The summed E-state index contributed by atoms with van der Waals surface area (Å²) in [5.74, 6) is 0.140. The highest BCUT2D eigenvalue weighted by molar-refractivity contribution is 5.27. The monoisotopic (exact) mass is 321 g/mol. The number of nitrogens with one attached hydrogen (secondary N) is 1. The van der Waals surface area contributed by atoms with E-state index in [-0.39, 0.29) is 11.8 Å². The SMILES string of the molecule is CC(NCc1ccc(OC(F)F)cc1)C(O)Cc1ccccc1. The number of rotatable bonds is 8. The van der Waals surface area contributed by atoms with Crippen molar-refractivity contribution in [2.75, 3.05) is 0 Å². The van der Waals surface area contributed by atoms with Crippen molar-refractivity contribution in [1.82, 2.24) is 5.32 Å². The molecule has 2 rings (SSSR count). The maximum absolute atomic E-state index is 12.1. The van der Waals surface area contributed by atoms with Gasteiger partial charge in [0.05, 0.1) is 6.10 Å². The number of ether oxygens (including phenoxy) is 1. The molecule has 2 N–H and O–H groups in total. The molecule has 0 bridgehead atoms. The molecular weight excluding hydrogens is 300 g/mol. The summed E-state index contributed by atoms with van der Waals surface area (Å²) in [5, 5.41) is 13.5. The second-order valence-electron chi connectivity index (χ2n) is 5.45. The smallest absolute Gasteiger partial charge is 0.387 e. The molecule has 0 aliphatic carbocycles. The van der Waals surface area contributed by atoms with Crippen molar-refractivity contribution in [2.45, 2.75) is 38.6 Å². The summed E-state index contributed by atoms with van der Waals surface area (Å²) in [4.78, 5) is 0. The highest BCUT2D eigenvalue weighted by Gasteiger charge is 2.14. The van der Waals surface area contributed by atoms with Gasteiger partial charge in [0.25, 0.3) is 0 Å². The molecule has 2 atom stereocenters. The number of aliphatic hydroxyl groups excluding tert-OH is 1. The summed E-state index contributed by atoms with van der Waals surface area (Å²) in [5.41, 5.74) is 2.02. The Kier molecular flexibility index (Phi) is 6.50. The molecule has 0 fully saturated rings. The van der Waals surface area contributed by atoms with Crippen LogP contribution < -0.4 is 10.1 Å². The number of halogens is 2. The van der Waals surface area contributed by atoms with Crippen molar-refractivity contribution in [2.24, 2.45) is 0 Å². The first-order valence-electron chi connectivity index (χ1n) is 7.53. The Morgan fingerprint density at radius 1 is 1.00 bits per heavy atom. The average molecular weight is 321 g/mol. The molecule has 0 heterocycles. The minimum atomic E-state index is -2.81. The van der Waals surface area contributed by atoms with E-state index < -0.39 is 12.7 Å². The van der Waals surface area contributed by atoms with Gasteiger partial charge in [-0.2, -0.15) is 8.78 Å². The molecule has 0 aliphatic heterocycles. The van der Waals surface area contributed by atoms with E-state index in [9.17, 15) is 13.9 Å². The van der Waals surface area contributed by atoms with Gasteiger partial charge in [-0.05, 0) is 36.6 Å². The fraction of sp³-hybridized carbons (Fsp3) is 0.333. The van der Waals surface area contributed by atoms with E-state index >= 15 is 0 Å². The van der Waals surface area contributed by atoms with Crippen LogP contribution in [0.4, 0.5) is 8.78 Å². The van der Waals surface area contributed by atoms with Crippen LogP contribution in [0.1, 0.15) is 18.1 Å². The zero-order valence-electron chi connectivity index (χ0n) is 13.0. The lowest BCUT2D eigenvalue weighted by Gasteiger charge is -2.20. The van der Waals surface area contributed by atoms with E-state index in [1.807, 2.05) is 37.3 Å². The summed E-state index contributed by atoms with van der Waals surface area (Å²) < 4.78 is 28.5. The predicted octanol–water partition coefficient (Wildman–Crippen LogP) is 3.37. The predicted molar refractivity (Wildman–Crippen MR) is 85.5 cm³/mol. The molecule has 0 saturated carbocycles. The fourth-order valence-corrected chi connectivity index (χ4v) is 2.24. The maximum atomic E-state index is 12.1. The molecule has 2 aromatic rings. The normalized spacial score (nSPS) is 13.8. The summed E-state index contributed by atoms with van der Waals surface area (Å²) in [6.45, 7) is -0.351. The summed E-state index contributed by atoms with van der Waals surface area (Å²) in [6, 6.07) is 16.2. The average Bonchev–Trinajstić information content (AvgIpc) is 2.54. The van der Waals surface area contributed by atoms with Gasteiger partial charge in [0.15, 0.2) is 0 Å². The Labute approximate surface area is 134 Å². The summed E-state index contributed by atoms with van der Waals surface area (Å²) >= 11 is 0. The van der Waals surface area contributed by atoms with Gasteiger partial charge in [0.2, 0.25) is 0 Å². The van der Waals surface area contributed by atoms with Crippen LogP contribution in [0.3, 0.4) is 0 Å². The number of benzene rings is 2. The van der Waals surface area contributed by atoms with E-state index in [1.54, 1.807) is 12.1 Å². The first-order valence-corrected chi connectivity index (χ1v) is 7.53. The molecule has 5 heteroatoms. The summed E-state index contributed by atoms with van der Waals surface area (Å²) in [7, 11) is 0. The Balaban J connectivity index is 1.80. The Morgan fingerprint density at radius 2 is 1.65 bits per heavy atom. The van der Waals surface area contributed by atoms with Gasteiger partial charge in [-0.3, -0.25) is 0 Å². The Bertz CT molecular complexity index is 575. The molecule has 0 aliphatic rings. The van der Waals surface area contributed by atoms with Crippen LogP contribution in [-0.4, -0.2) is 23.9 Å². The van der Waals surface area contributed by atoms with Crippen molar-refractivity contribution >= 4 is 0 Å². The molecule has 0 aromatic heterocycles. The lowest BCUT2D eigenvalue weighted by molar-refractivity contribution is -0.0498. The number of aliphatic hydroxyl groups is 1. The Morgan fingerprint density at radius 3 is 2.26 bits per heavy atom. The third kappa shape index (κ3) is 5.96. The van der Waals surface area contributed by atoms with Crippen molar-refractivity contribution < 1.29 is 18.6 Å². The molecule has 0 spiro atoms. The van der Waals surface area contributed by atoms with Gasteiger partial charge in [-0.1, -0.05) is 42.5 Å². The number of alkyl halides is 2. The topological polar surface area (TPSA) is 41.5 Å². The number of hydrogen-bond acceptors (Lipinski definition) is 3. The molecule has 2 unspecified atom stereocenters. The van der Waals surface area contributed by atoms with E-state index in [4.69, 9.17) is 0 Å². The third-order valence-electron chi connectivity index (χ3n) is 3.64. The second kappa shape index (κ2) is 8.60. The molecule has 23 heavy (non-hydrogen) atoms. The quantitative estimate of drug-likeness (QED) is 0.783. The van der Waals surface area contributed by atoms with Crippen LogP contribution in [0.25, 0.3) is 0 Å². The van der Waals surface area contributed by atoms with Gasteiger partial charge < -0.3 is 15.2 Å². The first kappa shape index (κ1) is 17.4. The first-order chi connectivity index (χ1) is 11.0. The standard InChI is InChI=1S/C18H21F2NO2/c1-13(17(22)11-14-5-3-2-4-6-14)21-12-15-7-9-16(10-8-15)23-18(19)20/h2-10,13,17-18,21-22H,11-12H2,1H3. The van der Waals surface area contributed by atoms with Gasteiger partial charge in [-0.25, -0.2) is 0 Å². The molecular formula is C18H21F2NO2. The highest BCUT2D eigenvalue weighted by atomic mass is 19.3. The minimum absolute atomic E-state index is 0.0906. The molecule has 2 aromatic carbocycles. The third-order valence-corrected chi connectivity index (χ3v) is 3.64. The minimum Gasteiger partial charge on any atom is -0.435 e. The maximum Gasteiger partial charge on any atom is 0.387 e. The van der Waals surface area contributed by atoms with Crippen molar-refractivity contribution in [3.63, 3.8) is 0 Å². The zero-order chi connectivity index (χ0) is 16.7. The van der Waals surface area contributed by atoms with Crippen LogP contribution in [0.15, 0.2) is 54.6 Å². The summed E-state index contributed by atoms with van der Waals surface area (Å²) in [6.07, 6.45) is 0.0785. The Hall–Kier alpha value is -1.98. The van der Waals surface area contributed by atoms with E-state index in [2.05, 4.69) is 10.1 Å².